The summed E-state index contributed by atoms with van der Waals surface area (Å²) in [7, 11) is 1.66. The number of thiophene rings is 1. The van der Waals surface area contributed by atoms with E-state index in [-0.39, 0.29) is 23.7 Å². The Morgan fingerprint density at radius 3 is 2.39 bits per heavy atom. The first-order valence-electron chi connectivity index (χ1n) is 9.33. The van der Waals surface area contributed by atoms with Crippen LogP contribution >= 0.6 is 11.3 Å². The minimum Gasteiger partial charge on any atom is -0.452 e. The molecule has 148 valence electrons. The summed E-state index contributed by atoms with van der Waals surface area (Å²) >= 11 is 1.42. The number of hydrogen-bond donors (Lipinski definition) is 0. The van der Waals surface area contributed by atoms with E-state index in [2.05, 4.69) is 0 Å². The van der Waals surface area contributed by atoms with Gasteiger partial charge in [0.15, 0.2) is 6.10 Å². The van der Waals surface area contributed by atoms with Crippen molar-refractivity contribution in [3.8, 4) is 0 Å². The minimum atomic E-state index is -0.858. The van der Waals surface area contributed by atoms with E-state index < -0.39 is 6.10 Å². The molecule has 0 aliphatic carbocycles. The summed E-state index contributed by atoms with van der Waals surface area (Å²) in [4.78, 5) is 41.4. The summed E-state index contributed by atoms with van der Waals surface area (Å²) in [5.74, 6) is -0.921. The first-order chi connectivity index (χ1) is 13.5. The Labute approximate surface area is 168 Å². The van der Waals surface area contributed by atoms with Gasteiger partial charge in [0.2, 0.25) is 0 Å². The predicted molar refractivity (Wildman–Crippen MR) is 108 cm³/mol. The van der Waals surface area contributed by atoms with E-state index in [9.17, 15) is 14.4 Å². The zero-order valence-corrected chi connectivity index (χ0v) is 16.9. The normalized spacial score (nSPS) is 15.7. The highest BCUT2D eigenvalue weighted by atomic mass is 32.1. The molecule has 0 bridgehead atoms. The number of rotatable bonds is 5. The molecular formula is C21H24N2O4S. The van der Waals surface area contributed by atoms with E-state index in [0.29, 0.717) is 30.8 Å². The van der Waals surface area contributed by atoms with E-state index >= 15 is 0 Å². The lowest BCUT2D eigenvalue weighted by Gasteiger charge is -2.31. The number of likely N-dealkylation sites (tertiary alicyclic amines) is 1. The molecule has 1 aliphatic rings. The Morgan fingerprint density at radius 2 is 1.79 bits per heavy atom. The van der Waals surface area contributed by atoms with Crippen LogP contribution in [0.15, 0.2) is 47.8 Å². The van der Waals surface area contributed by atoms with Gasteiger partial charge in [0.05, 0.1) is 10.8 Å². The number of ether oxygens (including phenoxy) is 1. The highest BCUT2D eigenvalue weighted by Gasteiger charge is 2.31. The Hall–Kier alpha value is -2.67. The van der Waals surface area contributed by atoms with Crippen molar-refractivity contribution < 1.29 is 19.1 Å². The molecule has 3 rings (SSSR count). The maximum atomic E-state index is 12.5. The molecule has 7 heteroatoms. The number of nitrogens with zero attached hydrogens (tertiary/aromatic N) is 2. The minimum absolute atomic E-state index is 0.00912. The summed E-state index contributed by atoms with van der Waals surface area (Å²) in [6.45, 7) is 2.63. The zero-order chi connectivity index (χ0) is 20.1. The van der Waals surface area contributed by atoms with Crippen LogP contribution in [-0.2, 0) is 14.3 Å². The van der Waals surface area contributed by atoms with Crippen LogP contribution in [0.1, 0.15) is 29.4 Å². The summed E-state index contributed by atoms with van der Waals surface area (Å²) in [6.07, 6.45) is 0.236. The molecule has 2 amide bonds. The van der Waals surface area contributed by atoms with Crippen LogP contribution in [0.2, 0.25) is 0 Å². The first-order valence-corrected chi connectivity index (χ1v) is 10.2. The van der Waals surface area contributed by atoms with Crippen LogP contribution in [0.4, 0.5) is 5.69 Å². The molecule has 2 heterocycles. The lowest BCUT2D eigenvalue weighted by molar-refractivity contribution is -0.159. The van der Waals surface area contributed by atoms with Crippen molar-refractivity contribution in [3.63, 3.8) is 0 Å². The molecule has 1 fully saturated rings. The average Bonchev–Trinajstić information content (AvgIpc) is 3.27. The van der Waals surface area contributed by atoms with Crippen molar-refractivity contribution in [1.82, 2.24) is 4.90 Å². The van der Waals surface area contributed by atoms with Gasteiger partial charge < -0.3 is 14.5 Å². The molecule has 1 atom stereocenters. The highest BCUT2D eigenvalue weighted by Crippen LogP contribution is 2.23. The number of amides is 2. The van der Waals surface area contributed by atoms with Crippen molar-refractivity contribution >= 4 is 34.8 Å². The van der Waals surface area contributed by atoms with Crippen LogP contribution < -0.4 is 4.90 Å². The molecule has 0 unspecified atom stereocenters. The van der Waals surface area contributed by atoms with E-state index in [1.165, 1.54) is 16.2 Å². The van der Waals surface area contributed by atoms with Gasteiger partial charge in [0.1, 0.15) is 0 Å². The number of esters is 1. The number of benzene rings is 1. The molecule has 2 aromatic rings. The molecule has 0 spiro atoms. The summed E-state index contributed by atoms with van der Waals surface area (Å²) in [5.41, 5.74) is 0.746. The van der Waals surface area contributed by atoms with Crippen molar-refractivity contribution in [3.05, 3.63) is 52.7 Å². The van der Waals surface area contributed by atoms with Gasteiger partial charge in [-0.2, -0.15) is 0 Å². The van der Waals surface area contributed by atoms with Crippen LogP contribution in [0.5, 0.6) is 0 Å². The topological polar surface area (TPSA) is 66.9 Å². The second-order valence-corrected chi connectivity index (χ2v) is 7.80. The Balaban J connectivity index is 1.50. The molecule has 0 saturated carbocycles. The van der Waals surface area contributed by atoms with Gasteiger partial charge in [-0.15, -0.1) is 11.3 Å². The maximum absolute atomic E-state index is 12.5. The maximum Gasteiger partial charge on any atom is 0.309 e. The molecule has 0 N–H and O–H groups in total. The fraction of sp³-hybridized carbons (Fsp3) is 0.381. The monoisotopic (exact) mass is 400 g/mol. The third kappa shape index (κ3) is 4.59. The van der Waals surface area contributed by atoms with Crippen LogP contribution in [0.3, 0.4) is 0 Å². The van der Waals surface area contributed by atoms with Gasteiger partial charge in [0, 0.05) is 25.8 Å². The van der Waals surface area contributed by atoms with Gasteiger partial charge in [-0.25, -0.2) is 0 Å². The first kappa shape index (κ1) is 20.1. The average molecular weight is 401 g/mol. The van der Waals surface area contributed by atoms with Gasteiger partial charge in [-0.1, -0.05) is 24.3 Å². The fourth-order valence-electron chi connectivity index (χ4n) is 3.25. The summed E-state index contributed by atoms with van der Waals surface area (Å²) in [5, 5.41) is 1.88. The highest BCUT2D eigenvalue weighted by molar-refractivity contribution is 7.12. The number of carbonyl (C=O) groups is 3. The number of piperidine rings is 1. The SMILES string of the molecule is C[C@H](OC(=O)C1CCN(C(=O)c2cccs2)CC1)C(=O)N(C)c1ccccc1. The number of carbonyl (C=O) groups excluding carboxylic acids is 3. The second-order valence-electron chi connectivity index (χ2n) is 6.86. The molecule has 28 heavy (non-hydrogen) atoms. The molecular weight excluding hydrogens is 376 g/mol. The third-order valence-corrected chi connectivity index (χ3v) is 5.82. The predicted octanol–water partition coefficient (Wildman–Crippen LogP) is 3.20. The number of hydrogen-bond acceptors (Lipinski definition) is 5. The Morgan fingerprint density at radius 1 is 1.11 bits per heavy atom. The lowest BCUT2D eigenvalue weighted by atomic mass is 9.97. The fourth-order valence-corrected chi connectivity index (χ4v) is 3.94. The van der Waals surface area contributed by atoms with Crippen molar-refractivity contribution in [2.45, 2.75) is 25.9 Å². The lowest BCUT2D eigenvalue weighted by Crippen LogP contribution is -2.42. The largest absolute Gasteiger partial charge is 0.452 e. The van der Waals surface area contributed by atoms with E-state index in [1.807, 2.05) is 47.8 Å². The van der Waals surface area contributed by atoms with Gasteiger partial charge in [-0.3, -0.25) is 14.4 Å². The number of likely N-dealkylation sites (N-methyl/N-ethyl adjacent to an activating group) is 1. The molecule has 1 aliphatic heterocycles. The van der Waals surface area contributed by atoms with E-state index in [4.69, 9.17) is 4.74 Å². The smallest absolute Gasteiger partial charge is 0.309 e. The number of anilines is 1. The molecule has 1 aromatic carbocycles. The number of para-hydroxylation sites is 1. The standard InChI is InChI=1S/C21H24N2O4S/c1-15(19(24)22(2)17-7-4-3-5-8-17)27-21(26)16-10-12-23(13-11-16)20(25)18-9-6-14-28-18/h3-9,14-16H,10-13H2,1-2H3/t15-/m0/s1. The van der Waals surface area contributed by atoms with E-state index in [1.54, 1.807) is 18.9 Å². The van der Waals surface area contributed by atoms with Crippen molar-refractivity contribution in [2.24, 2.45) is 5.92 Å². The van der Waals surface area contributed by atoms with Gasteiger partial charge in [0.25, 0.3) is 11.8 Å². The second kappa shape index (κ2) is 9.01. The Kier molecular flexibility index (Phi) is 6.46. The van der Waals surface area contributed by atoms with Crippen molar-refractivity contribution in [2.75, 3.05) is 25.0 Å². The molecule has 1 aromatic heterocycles. The summed E-state index contributed by atoms with van der Waals surface area (Å²) < 4.78 is 5.43. The zero-order valence-electron chi connectivity index (χ0n) is 16.0. The van der Waals surface area contributed by atoms with Crippen molar-refractivity contribution in [1.29, 1.82) is 0 Å². The molecule has 1 saturated heterocycles. The Bertz CT molecular complexity index is 814. The van der Waals surface area contributed by atoms with Gasteiger partial charge in [-0.05, 0) is 43.3 Å². The quantitative estimate of drug-likeness (QED) is 0.723. The van der Waals surface area contributed by atoms with Crippen LogP contribution in [-0.4, -0.2) is 48.9 Å². The van der Waals surface area contributed by atoms with Crippen LogP contribution in [0, 0.1) is 5.92 Å². The molecule has 6 nitrogen and oxygen atoms in total. The van der Waals surface area contributed by atoms with Crippen LogP contribution in [0.25, 0.3) is 0 Å². The summed E-state index contributed by atoms with van der Waals surface area (Å²) in [6, 6.07) is 12.9. The van der Waals surface area contributed by atoms with Gasteiger partial charge >= 0.3 is 5.97 Å². The molecule has 0 radical (unpaired) electrons. The van der Waals surface area contributed by atoms with E-state index in [0.717, 1.165) is 5.69 Å². The third-order valence-electron chi connectivity index (χ3n) is 4.96.